The van der Waals surface area contributed by atoms with Crippen molar-refractivity contribution in [2.75, 3.05) is 31.9 Å². The van der Waals surface area contributed by atoms with Crippen molar-refractivity contribution < 1.29 is 13.2 Å². The molecule has 0 saturated carbocycles. The van der Waals surface area contributed by atoms with Gasteiger partial charge in [0.25, 0.3) is 5.56 Å². The van der Waals surface area contributed by atoms with Crippen LogP contribution in [0.15, 0.2) is 82.1 Å². The monoisotopic (exact) mass is 524 g/mol. The molecule has 3 heterocycles. The minimum Gasteiger partial charge on any atom is -0.339 e. The van der Waals surface area contributed by atoms with E-state index in [-0.39, 0.29) is 41.7 Å². The highest BCUT2D eigenvalue weighted by molar-refractivity contribution is 7.99. The van der Waals surface area contributed by atoms with Crippen LogP contribution in [0.4, 0.5) is 0 Å². The predicted molar refractivity (Wildman–Crippen MR) is 137 cm³/mol. The van der Waals surface area contributed by atoms with Crippen LogP contribution in [0.3, 0.4) is 0 Å². The summed E-state index contributed by atoms with van der Waals surface area (Å²) in [5.41, 5.74) is 0.485. The Bertz CT molecular complexity index is 1610. The second-order valence-electron chi connectivity index (χ2n) is 8.23. The first-order valence-corrected chi connectivity index (χ1v) is 13.8. The zero-order valence-electron chi connectivity index (χ0n) is 19.4. The summed E-state index contributed by atoms with van der Waals surface area (Å²) in [6.07, 6.45) is 1.62. The molecule has 0 radical (unpaired) electrons. The fourth-order valence-electron chi connectivity index (χ4n) is 4.26. The first kappa shape index (κ1) is 24.2. The molecule has 1 fully saturated rings. The molecule has 0 aliphatic carbocycles. The molecule has 0 bridgehead atoms. The van der Waals surface area contributed by atoms with Gasteiger partial charge in [0.05, 0.1) is 21.6 Å². The summed E-state index contributed by atoms with van der Waals surface area (Å²) in [6.45, 7) is 5.11. The third-order valence-electron chi connectivity index (χ3n) is 6.09. The lowest BCUT2D eigenvalue weighted by Gasteiger charge is -2.34. The second-order valence-corrected chi connectivity index (χ2v) is 11.1. The molecule has 1 amide bonds. The maximum absolute atomic E-state index is 13.0. The average molecular weight is 525 g/mol. The molecule has 0 N–H and O–H groups in total. The van der Waals surface area contributed by atoms with Crippen molar-refractivity contribution in [3.05, 3.63) is 77.6 Å². The van der Waals surface area contributed by atoms with E-state index in [0.717, 1.165) is 0 Å². The summed E-state index contributed by atoms with van der Waals surface area (Å²) < 4.78 is 30.4. The van der Waals surface area contributed by atoms with Crippen LogP contribution in [0.2, 0.25) is 0 Å². The number of fused-ring (bicyclic) bond motifs is 3. The van der Waals surface area contributed by atoms with Crippen molar-refractivity contribution in [1.29, 1.82) is 0 Å². The summed E-state index contributed by atoms with van der Waals surface area (Å²) in [5.74, 6) is 0.381. The van der Waals surface area contributed by atoms with Crippen LogP contribution in [0.5, 0.6) is 0 Å². The number of amides is 1. The van der Waals surface area contributed by atoms with Gasteiger partial charge in [0.15, 0.2) is 5.16 Å². The van der Waals surface area contributed by atoms with E-state index in [0.29, 0.717) is 34.9 Å². The lowest BCUT2D eigenvalue weighted by molar-refractivity contribution is -0.129. The lowest BCUT2D eigenvalue weighted by atomic mass is 10.2. The highest BCUT2D eigenvalue weighted by Crippen LogP contribution is 2.23. The molecule has 12 heteroatoms. The lowest BCUT2D eigenvalue weighted by Crippen LogP contribution is -2.50. The number of carbonyl (C=O) groups excluding carboxylic acids is 1. The highest BCUT2D eigenvalue weighted by atomic mass is 32.2. The topological polar surface area (TPSA) is 110 Å². The van der Waals surface area contributed by atoms with Crippen LogP contribution in [0.25, 0.3) is 16.7 Å². The SMILES string of the molecule is C=CCn1c(=O)c2ccccc2n2c(SCC(=O)N3CCN(S(=O)(=O)c4ccccc4)CC3)nnc12. The van der Waals surface area contributed by atoms with E-state index in [1.54, 1.807) is 57.8 Å². The Morgan fingerprint density at radius 3 is 2.42 bits per heavy atom. The molecule has 0 spiro atoms. The quantitative estimate of drug-likeness (QED) is 0.268. The number of sulfonamides is 1. The van der Waals surface area contributed by atoms with E-state index in [2.05, 4.69) is 16.8 Å². The Labute approximate surface area is 211 Å². The number of para-hydroxylation sites is 1. The largest absolute Gasteiger partial charge is 0.339 e. The molecule has 5 rings (SSSR count). The minimum absolute atomic E-state index is 0.112. The third kappa shape index (κ3) is 4.31. The van der Waals surface area contributed by atoms with Crippen molar-refractivity contribution in [2.45, 2.75) is 16.6 Å². The van der Waals surface area contributed by atoms with Crippen LogP contribution < -0.4 is 5.56 Å². The Balaban J connectivity index is 1.31. The van der Waals surface area contributed by atoms with Gasteiger partial charge in [-0.2, -0.15) is 4.31 Å². The third-order valence-corrected chi connectivity index (χ3v) is 8.91. The van der Waals surface area contributed by atoms with Gasteiger partial charge in [-0.1, -0.05) is 48.2 Å². The second kappa shape index (κ2) is 9.88. The molecular formula is C24H24N6O4S2. The normalized spacial score (nSPS) is 14.9. The summed E-state index contributed by atoms with van der Waals surface area (Å²) >= 11 is 1.23. The molecule has 4 aromatic rings. The van der Waals surface area contributed by atoms with Crippen molar-refractivity contribution in [2.24, 2.45) is 0 Å². The van der Waals surface area contributed by atoms with Gasteiger partial charge in [-0.05, 0) is 24.3 Å². The van der Waals surface area contributed by atoms with E-state index >= 15 is 0 Å². The molecule has 2 aromatic heterocycles. The first-order valence-electron chi connectivity index (χ1n) is 11.3. The number of allylic oxidation sites excluding steroid dienone is 1. The zero-order chi connectivity index (χ0) is 25.3. The first-order chi connectivity index (χ1) is 17.4. The number of hydrogen-bond donors (Lipinski definition) is 0. The zero-order valence-corrected chi connectivity index (χ0v) is 21.0. The van der Waals surface area contributed by atoms with E-state index in [1.165, 1.54) is 20.6 Å². The molecule has 1 aliphatic heterocycles. The number of thioether (sulfide) groups is 1. The van der Waals surface area contributed by atoms with Crippen molar-refractivity contribution in [3.8, 4) is 0 Å². The number of nitrogens with zero attached hydrogens (tertiary/aromatic N) is 6. The summed E-state index contributed by atoms with van der Waals surface area (Å²) in [6, 6.07) is 15.5. The Morgan fingerprint density at radius 2 is 1.69 bits per heavy atom. The van der Waals surface area contributed by atoms with Gasteiger partial charge >= 0.3 is 0 Å². The molecule has 10 nitrogen and oxygen atoms in total. The smallest absolute Gasteiger partial charge is 0.263 e. The molecule has 2 aromatic carbocycles. The van der Waals surface area contributed by atoms with Crippen LogP contribution >= 0.6 is 11.8 Å². The molecule has 1 aliphatic rings. The van der Waals surface area contributed by atoms with Gasteiger partial charge in [0, 0.05) is 32.7 Å². The van der Waals surface area contributed by atoms with Crippen LogP contribution in [-0.2, 0) is 21.4 Å². The number of carbonyl (C=O) groups is 1. The van der Waals surface area contributed by atoms with Gasteiger partial charge in [-0.25, -0.2) is 8.42 Å². The molecule has 0 atom stereocenters. The van der Waals surface area contributed by atoms with Crippen molar-refractivity contribution >= 4 is 44.4 Å². The molecular weight excluding hydrogens is 500 g/mol. The number of piperazine rings is 1. The van der Waals surface area contributed by atoms with Gasteiger partial charge < -0.3 is 4.90 Å². The molecule has 36 heavy (non-hydrogen) atoms. The van der Waals surface area contributed by atoms with Gasteiger partial charge in [-0.15, -0.1) is 16.8 Å². The molecule has 186 valence electrons. The van der Waals surface area contributed by atoms with Gasteiger partial charge in [0.2, 0.25) is 21.7 Å². The van der Waals surface area contributed by atoms with Crippen LogP contribution in [0.1, 0.15) is 0 Å². The summed E-state index contributed by atoms with van der Waals surface area (Å²) in [5, 5.41) is 9.48. The number of hydrogen-bond acceptors (Lipinski definition) is 7. The Kier molecular flexibility index (Phi) is 6.65. The minimum atomic E-state index is -3.58. The van der Waals surface area contributed by atoms with E-state index in [4.69, 9.17) is 0 Å². The summed E-state index contributed by atoms with van der Waals surface area (Å²) in [4.78, 5) is 27.8. The fraction of sp³-hybridized carbons (Fsp3) is 0.250. The average Bonchev–Trinajstić information content (AvgIpc) is 3.34. The van der Waals surface area contributed by atoms with Gasteiger partial charge in [-0.3, -0.25) is 18.6 Å². The van der Waals surface area contributed by atoms with E-state index < -0.39 is 10.0 Å². The van der Waals surface area contributed by atoms with Crippen LogP contribution in [-0.4, -0.2) is 74.6 Å². The predicted octanol–water partition coefficient (Wildman–Crippen LogP) is 1.86. The number of aromatic nitrogens is 4. The van der Waals surface area contributed by atoms with Gasteiger partial charge in [0.1, 0.15) is 0 Å². The maximum Gasteiger partial charge on any atom is 0.263 e. The van der Waals surface area contributed by atoms with E-state index in [1.807, 2.05) is 12.1 Å². The molecule has 1 saturated heterocycles. The standard InChI is InChI=1S/C24H24N6O4S2/c1-2-12-29-22(32)19-10-6-7-11-20(19)30-23(29)25-26-24(30)35-17-21(31)27-13-15-28(16-14-27)36(33,34)18-8-4-3-5-9-18/h2-11H,1,12-17H2. The van der Waals surface area contributed by atoms with Crippen molar-refractivity contribution in [1.82, 2.24) is 28.4 Å². The Morgan fingerprint density at radius 1 is 1.00 bits per heavy atom. The number of rotatable bonds is 7. The molecule has 0 unspecified atom stereocenters. The van der Waals surface area contributed by atoms with Crippen LogP contribution in [0, 0.1) is 0 Å². The van der Waals surface area contributed by atoms with E-state index in [9.17, 15) is 18.0 Å². The Hall–Kier alpha value is -3.48. The van der Waals surface area contributed by atoms with Crippen molar-refractivity contribution in [3.63, 3.8) is 0 Å². The fourth-order valence-corrected chi connectivity index (χ4v) is 6.54. The highest BCUT2D eigenvalue weighted by Gasteiger charge is 2.30. The maximum atomic E-state index is 13.0. The summed E-state index contributed by atoms with van der Waals surface area (Å²) in [7, 11) is -3.58. The number of benzene rings is 2.